The number of hydrogen-bond donors (Lipinski definition) is 1. The number of amides is 1. The zero-order valence-electron chi connectivity index (χ0n) is 9.33. The Labute approximate surface area is 86.6 Å². The average molecular weight is 198 g/mol. The van der Waals surface area contributed by atoms with Gasteiger partial charge in [0.05, 0.1) is 0 Å². The van der Waals surface area contributed by atoms with E-state index in [1.165, 1.54) is 0 Å². The van der Waals surface area contributed by atoms with E-state index in [1.807, 2.05) is 11.9 Å². The van der Waals surface area contributed by atoms with E-state index in [2.05, 4.69) is 6.92 Å². The summed E-state index contributed by atoms with van der Waals surface area (Å²) in [4.78, 5) is 13.4. The third kappa shape index (κ3) is 2.71. The van der Waals surface area contributed by atoms with Crippen LogP contribution < -0.4 is 5.73 Å². The predicted octanol–water partition coefficient (Wildman–Crippen LogP) is 1.23. The average Bonchev–Trinajstić information content (AvgIpc) is 2.19. The Kier molecular flexibility index (Phi) is 4.39. The van der Waals surface area contributed by atoms with Crippen molar-refractivity contribution in [3.05, 3.63) is 0 Å². The third-order valence-electron chi connectivity index (χ3n) is 3.43. The summed E-state index contributed by atoms with van der Waals surface area (Å²) < 4.78 is 0. The van der Waals surface area contributed by atoms with Crippen molar-refractivity contribution in [1.82, 2.24) is 4.90 Å². The minimum Gasteiger partial charge on any atom is -0.346 e. The van der Waals surface area contributed by atoms with E-state index >= 15 is 0 Å². The van der Waals surface area contributed by atoms with Crippen LogP contribution in [0.1, 0.15) is 32.6 Å². The number of rotatable bonds is 4. The number of nitrogens with zero attached hydrogens (tertiary/aromatic N) is 1. The molecule has 3 nitrogen and oxygen atoms in total. The Bertz CT molecular complexity index is 194. The van der Waals surface area contributed by atoms with Gasteiger partial charge in [-0.05, 0) is 31.2 Å². The van der Waals surface area contributed by atoms with Gasteiger partial charge in [0.1, 0.15) is 0 Å². The maximum absolute atomic E-state index is 11.5. The lowest BCUT2D eigenvalue weighted by Crippen LogP contribution is -2.38. The highest BCUT2D eigenvalue weighted by molar-refractivity contribution is 5.76. The lowest BCUT2D eigenvalue weighted by molar-refractivity contribution is -0.134. The Hall–Kier alpha value is -0.570. The molecule has 1 heterocycles. The molecular formula is C11H22N2O. The normalized spacial score (nSPS) is 25.2. The molecule has 1 rings (SSSR count). The first kappa shape index (κ1) is 11.5. The van der Waals surface area contributed by atoms with E-state index < -0.39 is 0 Å². The van der Waals surface area contributed by atoms with Crippen molar-refractivity contribution in [3.63, 3.8) is 0 Å². The van der Waals surface area contributed by atoms with Gasteiger partial charge in [-0.3, -0.25) is 4.79 Å². The van der Waals surface area contributed by atoms with E-state index in [9.17, 15) is 4.79 Å². The summed E-state index contributed by atoms with van der Waals surface area (Å²) in [5.41, 5.74) is 5.58. The molecule has 0 radical (unpaired) electrons. The van der Waals surface area contributed by atoms with Crippen LogP contribution in [0.3, 0.4) is 0 Å². The second-order valence-corrected chi connectivity index (χ2v) is 4.31. The molecule has 1 saturated heterocycles. The molecular weight excluding hydrogens is 176 g/mol. The van der Waals surface area contributed by atoms with Gasteiger partial charge in [0.25, 0.3) is 0 Å². The molecule has 2 atom stereocenters. The number of hydrogen-bond acceptors (Lipinski definition) is 2. The van der Waals surface area contributed by atoms with E-state index in [1.54, 1.807) is 0 Å². The standard InChI is InChI=1S/C11H22N2O/c1-3-9(4-6-12)10-5-7-13(2)11(14)8-10/h9-10H,3-8,12H2,1-2H3. The van der Waals surface area contributed by atoms with Gasteiger partial charge in [-0.25, -0.2) is 0 Å². The summed E-state index contributed by atoms with van der Waals surface area (Å²) in [5, 5.41) is 0. The van der Waals surface area contributed by atoms with Gasteiger partial charge < -0.3 is 10.6 Å². The zero-order chi connectivity index (χ0) is 10.6. The van der Waals surface area contributed by atoms with Crippen LogP contribution in [0.15, 0.2) is 0 Å². The van der Waals surface area contributed by atoms with Crippen LogP contribution in [0.25, 0.3) is 0 Å². The van der Waals surface area contributed by atoms with Crippen LogP contribution in [0, 0.1) is 11.8 Å². The molecule has 14 heavy (non-hydrogen) atoms. The monoisotopic (exact) mass is 198 g/mol. The number of likely N-dealkylation sites (tertiary alicyclic amines) is 1. The Morgan fingerprint density at radius 3 is 2.86 bits per heavy atom. The largest absolute Gasteiger partial charge is 0.346 e. The number of carbonyl (C=O) groups is 1. The number of nitrogens with two attached hydrogens (primary N) is 1. The van der Waals surface area contributed by atoms with E-state index in [0.717, 1.165) is 38.8 Å². The van der Waals surface area contributed by atoms with E-state index in [0.29, 0.717) is 17.7 Å². The van der Waals surface area contributed by atoms with Crippen LogP contribution in [0.4, 0.5) is 0 Å². The van der Waals surface area contributed by atoms with Crippen LogP contribution in [-0.2, 0) is 4.79 Å². The zero-order valence-corrected chi connectivity index (χ0v) is 9.33. The molecule has 1 fully saturated rings. The molecule has 82 valence electrons. The summed E-state index contributed by atoms with van der Waals surface area (Å²) in [5.74, 6) is 1.53. The lowest BCUT2D eigenvalue weighted by Gasteiger charge is -2.33. The molecule has 1 aliphatic heterocycles. The highest BCUT2D eigenvalue weighted by Gasteiger charge is 2.28. The molecule has 1 aliphatic rings. The second kappa shape index (κ2) is 5.35. The summed E-state index contributed by atoms with van der Waals surface area (Å²) in [6, 6.07) is 0. The van der Waals surface area contributed by atoms with Crippen molar-refractivity contribution in [1.29, 1.82) is 0 Å². The molecule has 0 spiro atoms. The van der Waals surface area contributed by atoms with Gasteiger partial charge in [-0.1, -0.05) is 13.3 Å². The molecule has 0 bridgehead atoms. The first-order valence-corrected chi connectivity index (χ1v) is 5.63. The molecule has 0 saturated carbocycles. The van der Waals surface area contributed by atoms with Gasteiger partial charge in [-0.15, -0.1) is 0 Å². The van der Waals surface area contributed by atoms with Crippen molar-refractivity contribution in [2.75, 3.05) is 20.1 Å². The Morgan fingerprint density at radius 2 is 2.36 bits per heavy atom. The first-order chi connectivity index (χ1) is 6.69. The van der Waals surface area contributed by atoms with E-state index in [-0.39, 0.29) is 0 Å². The fraction of sp³-hybridized carbons (Fsp3) is 0.909. The van der Waals surface area contributed by atoms with Gasteiger partial charge in [-0.2, -0.15) is 0 Å². The predicted molar refractivity (Wildman–Crippen MR) is 57.8 cm³/mol. The van der Waals surface area contributed by atoms with Crippen LogP contribution in [0.2, 0.25) is 0 Å². The Morgan fingerprint density at radius 1 is 1.64 bits per heavy atom. The molecule has 3 heteroatoms. The Balaban J connectivity index is 2.47. The smallest absolute Gasteiger partial charge is 0.222 e. The SMILES string of the molecule is CCC(CCN)C1CCN(C)C(=O)C1. The molecule has 2 unspecified atom stereocenters. The number of piperidine rings is 1. The molecule has 2 N–H and O–H groups in total. The van der Waals surface area contributed by atoms with Crippen LogP contribution >= 0.6 is 0 Å². The molecule has 0 aromatic rings. The molecule has 0 aromatic carbocycles. The van der Waals surface area contributed by atoms with Gasteiger partial charge in [0.2, 0.25) is 5.91 Å². The molecule has 1 amide bonds. The molecule has 0 aliphatic carbocycles. The van der Waals surface area contributed by atoms with Gasteiger partial charge in [0.15, 0.2) is 0 Å². The highest BCUT2D eigenvalue weighted by Crippen LogP contribution is 2.29. The van der Waals surface area contributed by atoms with Gasteiger partial charge >= 0.3 is 0 Å². The highest BCUT2D eigenvalue weighted by atomic mass is 16.2. The maximum atomic E-state index is 11.5. The maximum Gasteiger partial charge on any atom is 0.222 e. The quantitative estimate of drug-likeness (QED) is 0.738. The first-order valence-electron chi connectivity index (χ1n) is 5.63. The minimum atomic E-state index is 0.303. The van der Waals surface area contributed by atoms with Crippen molar-refractivity contribution >= 4 is 5.91 Å². The minimum absolute atomic E-state index is 0.303. The van der Waals surface area contributed by atoms with Crippen LogP contribution in [-0.4, -0.2) is 30.9 Å². The lowest BCUT2D eigenvalue weighted by atomic mass is 9.80. The summed E-state index contributed by atoms with van der Waals surface area (Å²) >= 11 is 0. The molecule has 0 aromatic heterocycles. The number of carbonyl (C=O) groups excluding carboxylic acids is 1. The van der Waals surface area contributed by atoms with Crippen molar-refractivity contribution in [2.24, 2.45) is 17.6 Å². The summed E-state index contributed by atoms with van der Waals surface area (Å²) in [6.45, 7) is 3.87. The van der Waals surface area contributed by atoms with Crippen molar-refractivity contribution in [3.8, 4) is 0 Å². The third-order valence-corrected chi connectivity index (χ3v) is 3.43. The fourth-order valence-electron chi connectivity index (χ4n) is 2.36. The van der Waals surface area contributed by atoms with Crippen LogP contribution in [0.5, 0.6) is 0 Å². The second-order valence-electron chi connectivity index (χ2n) is 4.31. The van der Waals surface area contributed by atoms with Crippen molar-refractivity contribution in [2.45, 2.75) is 32.6 Å². The van der Waals surface area contributed by atoms with Crippen molar-refractivity contribution < 1.29 is 4.79 Å². The topological polar surface area (TPSA) is 46.3 Å². The summed E-state index contributed by atoms with van der Waals surface area (Å²) in [7, 11) is 1.89. The fourth-order valence-corrected chi connectivity index (χ4v) is 2.36. The summed E-state index contributed by atoms with van der Waals surface area (Å²) in [6.07, 6.45) is 4.10. The van der Waals surface area contributed by atoms with Gasteiger partial charge in [0, 0.05) is 20.0 Å². The van der Waals surface area contributed by atoms with E-state index in [4.69, 9.17) is 5.73 Å².